The fourth-order valence-electron chi connectivity index (χ4n) is 4.33. The second-order valence-corrected chi connectivity index (χ2v) is 7.14. The Hall–Kier alpha value is -1.92. The Kier molecular flexibility index (Phi) is 4.04. The first kappa shape index (κ1) is 16.5. The van der Waals surface area contributed by atoms with Gasteiger partial charge in [0.05, 0.1) is 12.2 Å². The quantitative estimate of drug-likeness (QED) is 0.898. The fraction of sp³-hybridized carbons (Fsp3) is 0.526. The molecule has 134 valence electrons. The van der Waals surface area contributed by atoms with E-state index in [9.17, 15) is 14.3 Å². The first-order chi connectivity index (χ1) is 12.0. The van der Waals surface area contributed by atoms with E-state index in [1.807, 2.05) is 6.92 Å². The molecule has 2 fully saturated rings. The SMILES string of the molecule is CCO[C@H]1C[C@H](O)C12CCN(C(=O)c1cc3cc(F)ccc3[nH]1)CC2. The first-order valence-corrected chi connectivity index (χ1v) is 8.91. The highest BCUT2D eigenvalue weighted by molar-refractivity contribution is 5.98. The Morgan fingerprint density at radius 3 is 2.84 bits per heavy atom. The van der Waals surface area contributed by atoms with Crippen LogP contribution >= 0.6 is 0 Å². The van der Waals surface area contributed by atoms with Gasteiger partial charge in [0.15, 0.2) is 0 Å². The second-order valence-electron chi connectivity index (χ2n) is 7.14. The Morgan fingerprint density at radius 2 is 2.16 bits per heavy atom. The van der Waals surface area contributed by atoms with Crippen molar-refractivity contribution in [2.24, 2.45) is 5.41 Å². The van der Waals surface area contributed by atoms with Gasteiger partial charge in [0.2, 0.25) is 0 Å². The number of rotatable bonds is 3. The van der Waals surface area contributed by atoms with Crippen LogP contribution in [-0.4, -0.2) is 52.8 Å². The van der Waals surface area contributed by atoms with Crippen LogP contribution in [0.4, 0.5) is 4.39 Å². The molecule has 2 aliphatic rings. The van der Waals surface area contributed by atoms with E-state index >= 15 is 0 Å². The lowest BCUT2D eigenvalue weighted by atomic mass is 9.58. The van der Waals surface area contributed by atoms with E-state index < -0.39 is 0 Å². The highest BCUT2D eigenvalue weighted by atomic mass is 19.1. The molecule has 1 spiro atoms. The summed E-state index contributed by atoms with van der Waals surface area (Å²) in [5, 5.41) is 11.0. The number of fused-ring (bicyclic) bond motifs is 1. The molecule has 1 saturated carbocycles. The molecule has 1 aromatic heterocycles. The lowest BCUT2D eigenvalue weighted by molar-refractivity contribution is -0.207. The van der Waals surface area contributed by atoms with Crippen molar-refractivity contribution in [2.45, 2.75) is 38.4 Å². The van der Waals surface area contributed by atoms with E-state index in [2.05, 4.69) is 4.98 Å². The number of nitrogens with one attached hydrogen (secondary N) is 1. The van der Waals surface area contributed by atoms with Crippen molar-refractivity contribution in [3.8, 4) is 0 Å². The molecule has 2 N–H and O–H groups in total. The minimum Gasteiger partial charge on any atom is -0.392 e. The van der Waals surface area contributed by atoms with E-state index in [1.165, 1.54) is 12.1 Å². The van der Waals surface area contributed by atoms with E-state index in [4.69, 9.17) is 4.74 Å². The molecule has 2 heterocycles. The zero-order chi connectivity index (χ0) is 17.6. The van der Waals surface area contributed by atoms with Crippen molar-refractivity contribution in [1.82, 2.24) is 9.88 Å². The highest BCUT2D eigenvalue weighted by Gasteiger charge is 2.56. The number of halogens is 1. The molecule has 4 rings (SSSR count). The van der Waals surface area contributed by atoms with Crippen molar-refractivity contribution in [2.75, 3.05) is 19.7 Å². The summed E-state index contributed by atoms with van der Waals surface area (Å²) < 4.78 is 19.1. The monoisotopic (exact) mass is 346 g/mol. The van der Waals surface area contributed by atoms with Gasteiger partial charge in [-0.15, -0.1) is 0 Å². The van der Waals surface area contributed by atoms with Crippen LogP contribution in [0.25, 0.3) is 10.9 Å². The molecule has 2 aromatic rings. The number of aromatic amines is 1. The summed E-state index contributed by atoms with van der Waals surface area (Å²) in [6, 6.07) is 6.14. The normalized spacial score (nSPS) is 25.3. The third kappa shape index (κ3) is 2.64. The number of H-pyrrole nitrogens is 1. The molecule has 1 aliphatic heterocycles. The number of likely N-dealkylation sites (tertiary alicyclic amines) is 1. The van der Waals surface area contributed by atoms with Crippen LogP contribution in [0.3, 0.4) is 0 Å². The van der Waals surface area contributed by atoms with Crippen molar-refractivity contribution in [3.05, 3.63) is 35.8 Å². The topological polar surface area (TPSA) is 65.6 Å². The Bertz CT molecular complexity index is 793. The van der Waals surface area contributed by atoms with Crippen LogP contribution in [0.15, 0.2) is 24.3 Å². The maximum absolute atomic E-state index is 13.3. The fourth-order valence-corrected chi connectivity index (χ4v) is 4.33. The molecule has 1 aliphatic carbocycles. The maximum Gasteiger partial charge on any atom is 0.270 e. The Balaban J connectivity index is 1.47. The number of hydrogen-bond donors (Lipinski definition) is 2. The molecule has 2 atom stereocenters. The van der Waals surface area contributed by atoms with Gasteiger partial charge in [-0.1, -0.05) is 0 Å². The molecular formula is C19H23FN2O3. The molecule has 5 nitrogen and oxygen atoms in total. The molecule has 1 saturated heterocycles. The average molecular weight is 346 g/mol. The van der Waals surface area contributed by atoms with Crippen molar-refractivity contribution in [1.29, 1.82) is 0 Å². The number of aliphatic hydroxyl groups excluding tert-OH is 1. The molecular weight excluding hydrogens is 323 g/mol. The lowest BCUT2D eigenvalue weighted by Crippen LogP contribution is -2.62. The molecule has 25 heavy (non-hydrogen) atoms. The Labute approximate surface area is 145 Å². The van der Waals surface area contributed by atoms with Crippen LogP contribution in [0.1, 0.15) is 36.7 Å². The van der Waals surface area contributed by atoms with Gasteiger partial charge in [-0.3, -0.25) is 4.79 Å². The summed E-state index contributed by atoms with van der Waals surface area (Å²) in [6.45, 7) is 3.82. The molecule has 1 aromatic carbocycles. The number of amides is 1. The summed E-state index contributed by atoms with van der Waals surface area (Å²) in [5.74, 6) is -0.389. The van der Waals surface area contributed by atoms with Gasteiger partial charge in [-0.05, 0) is 44.0 Å². The van der Waals surface area contributed by atoms with E-state index in [0.717, 1.165) is 18.4 Å². The van der Waals surface area contributed by atoms with Gasteiger partial charge >= 0.3 is 0 Å². The number of nitrogens with zero attached hydrogens (tertiary/aromatic N) is 1. The molecule has 0 radical (unpaired) electrons. The van der Waals surface area contributed by atoms with Gasteiger partial charge in [0, 0.05) is 42.4 Å². The van der Waals surface area contributed by atoms with Crippen LogP contribution in [0.5, 0.6) is 0 Å². The number of aliphatic hydroxyl groups is 1. The predicted molar refractivity (Wildman–Crippen MR) is 91.9 cm³/mol. The summed E-state index contributed by atoms with van der Waals surface area (Å²) in [5.41, 5.74) is 1.03. The number of ether oxygens (including phenoxy) is 1. The summed E-state index contributed by atoms with van der Waals surface area (Å²) in [6.07, 6.45) is 1.95. The van der Waals surface area contributed by atoms with Crippen LogP contribution < -0.4 is 0 Å². The number of benzene rings is 1. The number of hydrogen-bond acceptors (Lipinski definition) is 3. The first-order valence-electron chi connectivity index (χ1n) is 8.91. The Morgan fingerprint density at radius 1 is 1.40 bits per heavy atom. The van der Waals surface area contributed by atoms with Gasteiger partial charge in [-0.25, -0.2) is 4.39 Å². The van der Waals surface area contributed by atoms with Crippen LogP contribution in [0, 0.1) is 11.2 Å². The van der Waals surface area contributed by atoms with Gasteiger partial charge in [-0.2, -0.15) is 0 Å². The number of carbonyl (C=O) groups is 1. The van der Waals surface area contributed by atoms with Crippen molar-refractivity contribution >= 4 is 16.8 Å². The molecule has 0 unspecified atom stereocenters. The average Bonchev–Trinajstić information content (AvgIpc) is 3.04. The van der Waals surface area contributed by atoms with Gasteiger partial charge in [0.25, 0.3) is 5.91 Å². The zero-order valence-electron chi connectivity index (χ0n) is 14.3. The van der Waals surface area contributed by atoms with E-state index in [-0.39, 0.29) is 29.3 Å². The van der Waals surface area contributed by atoms with Crippen molar-refractivity contribution in [3.63, 3.8) is 0 Å². The van der Waals surface area contributed by atoms with Gasteiger partial charge in [0.1, 0.15) is 11.5 Å². The number of carbonyl (C=O) groups excluding carboxylic acids is 1. The summed E-state index contributed by atoms with van der Waals surface area (Å²) >= 11 is 0. The minimum atomic E-state index is -0.336. The summed E-state index contributed by atoms with van der Waals surface area (Å²) in [7, 11) is 0. The standard InChI is InChI=1S/C19H23FN2O3/c1-2-25-17-11-16(23)19(17)5-7-22(8-6-19)18(24)15-10-12-9-13(20)3-4-14(12)21-15/h3-4,9-10,16-17,21,23H,2,5-8,11H2,1H3/t16-,17-/m0/s1. The van der Waals surface area contributed by atoms with E-state index in [0.29, 0.717) is 37.2 Å². The smallest absolute Gasteiger partial charge is 0.270 e. The second kappa shape index (κ2) is 6.11. The minimum absolute atomic E-state index is 0.0757. The largest absolute Gasteiger partial charge is 0.392 e. The lowest BCUT2D eigenvalue weighted by Gasteiger charge is -2.56. The van der Waals surface area contributed by atoms with Crippen LogP contribution in [0.2, 0.25) is 0 Å². The third-order valence-corrected chi connectivity index (χ3v) is 5.90. The maximum atomic E-state index is 13.3. The predicted octanol–water partition coefficient (Wildman–Crippen LogP) is 2.70. The third-order valence-electron chi connectivity index (χ3n) is 5.90. The van der Waals surface area contributed by atoms with Crippen LogP contribution in [-0.2, 0) is 4.74 Å². The van der Waals surface area contributed by atoms with Gasteiger partial charge < -0.3 is 19.7 Å². The molecule has 0 bridgehead atoms. The molecule has 6 heteroatoms. The highest BCUT2D eigenvalue weighted by Crippen LogP contribution is 2.51. The zero-order valence-corrected chi connectivity index (χ0v) is 14.3. The molecule has 1 amide bonds. The number of aromatic nitrogens is 1. The number of piperidine rings is 1. The summed E-state index contributed by atoms with van der Waals surface area (Å²) in [4.78, 5) is 17.6. The van der Waals surface area contributed by atoms with Crippen molar-refractivity contribution < 1.29 is 19.0 Å². The van der Waals surface area contributed by atoms with E-state index in [1.54, 1.807) is 17.0 Å².